The molecule has 3 aromatic rings. The molecule has 0 N–H and O–H groups in total. The summed E-state index contributed by atoms with van der Waals surface area (Å²) in [5.74, 6) is 0.820. The summed E-state index contributed by atoms with van der Waals surface area (Å²) in [4.78, 5) is 18.5. The van der Waals surface area contributed by atoms with Crippen molar-refractivity contribution in [2.24, 2.45) is 0 Å². The van der Waals surface area contributed by atoms with Crippen LogP contribution < -0.4 is 0 Å². The number of rotatable bonds is 4. The molecular formula is C19H20N4O2. The maximum Gasteiger partial charge on any atom is 0.254 e. The van der Waals surface area contributed by atoms with Crippen LogP contribution in [0.4, 0.5) is 0 Å². The van der Waals surface area contributed by atoms with Crippen molar-refractivity contribution in [2.45, 2.75) is 27.3 Å². The van der Waals surface area contributed by atoms with E-state index in [-0.39, 0.29) is 12.5 Å². The molecule has 1 aromatic carbocycles. The van der Waals surface area contributed by atoms with Gasteiger partial charge in [0.2, 0.25) is 11.8 Å². The molecule has 2 heterocycles. The molecule has 6 nitrogen and oxygen atoms in total. The molecule has 0 aliphatic carbocycles. The Bertz CT molecular complexity index is 880. The highest BCUT2D eigenvalue weighted by Crippen LogP contribution is 2.22. The molecule has 6 heteroatoms. The number of hydrogen-bond acceptors (Lipinski definition) is 5. The number of benzene rings is 1. The molecule has 25 heavy (non-hydrogen) atoms. The van der Waals surface area contributed by atoms with Gasteiger partial charge in [-0.05, 0) is 49.2 Å². The highest BCUT2D eigenvalue weighted by atomic mass is 16.4. The molecule has 0 spiro atoms. The lowest BCUT2D eigenvalue weighted by Crippen LogP contribution is -2.26. The van der Waals surface area contributed by atoms with Gasteiger partial charge in [0.25, 0.3) is 5.91 Å². The van der Waals surface area contributed by atoms with E-state index < -0.39 is 0 Å². The Kier molecular flexibility index (Phi) is 4.61. The van der Waals surface area contributed by atoms with Gasteiger partial charge in [-0.1, -0.05) is 12.1 Å². The van der Waals surface area contributed by atoms with Crippen LogP contribution in [0, 0.1) is 20.8 Å². The van der Waals surface area contributed by atoms with Crippen molar-refractivity contribution < 1.29 is 9.21 Å². The van der Waals surface area contributed by atoms with Crippen LogP contribution in [0.1, 0.15) is 33.5 Å². The Balaban J connectivity index is 1.76. The van der Waals surface area contributed by atoms with Crippen molar-refractivity contribution in [2.75, 3.05) is 7.05 Å². The Labute approximate surface area is 146 Å². The molecule has 0 saturated heterocycles. The van der Waals surface area contributed by atoms with Crippen LogP contribution in [0.5, 0.6) is 0 Å². The van der Waals surface area contributed by atoms with Gasteiger partial charge in [0.15, 0.2) is 0 Å². The fourth-order valence-electron chi connectivity index (χ4n) is 2.70. The summed E-state index contributed by atoms with van der Waals surface area (Å²) in [6.07, 6.45) is 0. The maximum absolute atomic E-state index is 12.5. The molecule has 0 bridgehead atoms. The first-order valence-corrected chi connectivity index (χ1v) is 8.02. The van der Waals surface area contributed by atoms with Crippen LogP contribution in [0.15, 0.2) is 40.8 Å². The molecule has 0 saturated carbocycles. The molecule has 0 aliphatic rings. The number of aryl methyl sites for hydroxylation is 3. The highest BCUT2D eigenvalue weighted by Gasteiger charge is 2.15. The van der Waals surface area contributed by atoms with Gasteiger partial charge in [0.05, 0.1) is 6.54 Å². The largest absolute Gasteiger partial charge is 0.424 e. The van der Waals surface area contributed by atoms with Crippen LogP contribution in [-0.4, -0.2) is 33.0 Å². The van der Waals surface area contributed by atoms with Gasteiger partial charge in [-0.3, -0.25) is 9.78 Å². The minimum atomic E-state index is -0.0931. The average Bonchev–Trinajstić information content (AvgIpc) is 2.98. The van der Waals surface area contributed by atoms with Gasteiger partial charge >= 0.3 is 0 Å². The van der Waals surface area contributed by atoms with Crippen LogP contribution in [-0.2, 0) is 6.54 Å². The first-order chi connectivity index (χ1) is 11.9. The summed E-state index contributed by atoms with van der Waals surface area (Å²) in [5.41, 5.74) is 4.72. The van der Waals surface area contributed by atoms with Crippen LogP contribution in [0.2, 0.25) is 0 Å². The molecule has 0 atom stereocenters. The van der Waals surface area contributed by atoms with Gasteiger partial charge in [0.1, 0.15) is 0 Å². The maximum atomic E-state index is 12.5. The van der Waals surface area contributed by atoms with E-state index in [9.17, 15) is 4.79 Å². The SMILES string of the molecule is Cc1cc(-c2ccc(C(=O)N(C)Cc3nnc(C)o3)cc2)cc(C)n1. The molecule has 0 radical (unpaired) electrons. The Hall–Kier alpha value is -3.02. The third-order valence-corrected chi connectivity index (χ3v) is 3.83. The standard InChI is InChI=1S/C19H20N4O2/c1-12-9-17(10-13(2)20-12)15-5-7-16(8-6-15)19(24)23(4)11-18-22-21-14(3)25-18/h5-10H,11H2,1-4H3. The molecule has 0 fully saturated rings. The zero-order valence-electron chi connectivity index (χ0n) is 14.8. The second-order valence-electron chi connectivity index (χ2n) is 6.09. The Morgan fingerprint density at radius 1 is 1.00 bits per heavy atom. The van der Waals surface area contributed by atoms with E-state index in [0.29, 0.717) is 17.3 Å². The predicted octanol–water partition coefficient (Wildman–Crippen LogP) is 3.33. The van der Waals surface area contributed by atoms with Gasteiger partial charge in [-0.15, -0.1) is 10.2 Å². The first-order valence-electron chi connectivity index (χ1n) is 8.02. The summed E-state index contributed by atoms with van der Waals surface area (Å²) in [6, 6.07) is 11.6. The zero-order chi connectivity index (χ0) is 18.0. The number of carbonyl (C=O) groups excluding carboxylic acids is 1. The summed E-state index contributed by atoms with van der Waals surface area (Å²) in [7, 11) is 1.71. The fourth-order valence-corrected chi connectivity index (χ4v) is 2.70. The van der Waals surface area contributed by atoms with Gasteiger partial charge in [-0.2, -0.15) is 0 Å². The molecule has 1 amide bonds. The number of nitrogens with zero attached hydrogens (tertiary/aromatic N) is 4. The first kappa shape index (κ1) is 16.8. The third-order valence-electron chi connectivity index (χ3n) is 3.83. The predicted molar refractivity (Wildman–Crippen MR) is 94.0 cm³/mol. The lowest BCUT2D eigenvalue weighted by molar-refractivity contribution is 0.0772. The van der Waals surface area contributed by atoms with Gasteiger partial charge in [-0.25, -0.2) is 0 Å². The summed E-state index contributed by atoms with van der Waals surface area (Å²) in [5, 5.41) is 7.69. The van der Waals surface area contributed by atoms with Crippen molar-refractivity contribution >= 4 is 5.91 Å². The average molecular weight is 336 g/mol. The van der Waals surface area contributed by atoms with E-state index in [1.54, 1.807) is 18.9 Å². The van der Waals surface area contributed by atoms with E-state index in [2.05, 4.69) is 15.2 Å². The molecule has 0 unspecified atom stereocenters. The third kappa shape index (κ3) is 3.91. The molecular weight excluding hydrogens is 316 g/mol. The van der Waals surface area contributed by atoms with Crippen molar-refractivity contribution in [1.29, 1.82) is 0 Å². The molecule has 128 valence electrons. The minimum Gasteiger partial charge on any atom is -0.424 e. The van der Waals surface area contributed by atoms with Crippen LogP contribution in [0.25, 0.3) is 11.1 Å². The summed E-state index contributed by atoms with van der Waals surface area (Å²) in [6.45, 7) is 5.95. The number of carbonyl (C=O) groups is 1. The molecule has 3 rings (SSSR count). The second-order valence-corrected chi connectivity index (χ2v) is 6.09. The van der Waals surface area contributed by atoms with Crippen molar-refractivity contribution in [3.63, 3.8) is 0 Å². The quantitative estimate of drug-likeness (QED) is 0.731. The lowest BCUT2D eigenvalue weighted by Gasteiger charge is -2.15. The second kappa shape index (κ2) is 6.84. The fraction of sp³-hybridized carbons (Fsp3) is 0.263. The number of aromatic nitrogens is 3. The van der Waals surface area contributed by atoms with E-state index in [4.69, 9.17) is 4.42 Å². The topological polar surface area (TPSA) is 72.1 Å². The van der Waals surface area contributed by atoms with Gasteiger partial charge < -0.3 is 9.32 Å². The minimum absolute atomic E-state index is 0.0931. The van der Waals surface area contributed by atoms with E-state index in [0.717, 1.165) is 22.5 Å². The number of pyridine rings is 1. The van der Waals surface area contributed by atoms with Gasteiger partial charge in [0, 0.05) is 30.9 Å². The van der Waals surface area contributed by atoms with Crippen LogP contribution in [0.3, 0.4) is 0 Å². The summed E-state index contributed by atoms with van der Waals surface area (Å²) >= 11 is 0. The van der Waals surface area contributed by atoms with E-state index in [1.807, 2.05) is 50.2 Å². The number of hydrogen-bond donors (Lipinski definition) is 0. The van der Waals surface area contributed by atoms with Crippen LogP contribution >= 0.6 is 0 Å². The number of amides is 1. The molecule has 0 aliphatic heterocycles. The normalized spacial score (nSPS) is 10.7. The monoisotopic (exact) mass is 336 g/mol. The zero-order valence-corrected chi connectivity index (χ0v) is 14.8. The lowest BCUT2D eigenvalue weighted by atomic mass is 10.0. The smallest absolute Gasteiger partial charge is 0.254 e. The highest BCUT2D eigenvalue weighted by molar-refractivity contribution is 5.94. The summed E-state index contributed by atoms with van der Waals surface area (Å²) < 4.78 is 5.32. The Morgan fingerprint density at radius 2 is 1.64 bits per heavy atom. The van der Waals surface area contributed by atoms with E-state index >= 15 is 0 Å². The van der Waals surface area contributed by atoms with Crippen molar-refractivity contribution in [1.82, 2.24) is 20.1 Å². The van der Waals surface area contributed by atoms with Crippen molar-refractivity contribution in [3.05, 3.63) is 65.1 Å². The molecule has 2 aromatic heterocycles. The Morgan fingerprint density at radius 3 is 2.20 bits per heavy atom. The van der Waals surface area contributed by atoms with Crippen molar-refractivity contribution in [3.8, 4) is 11.1 Å². The van der Waals surface area contributed by atoms with E-state index in [1.165, 1.54) is 0 Å².